The standard InChI is InChI=1S/C44H49FN8O6S/c1-6-53-42(41(59-26(2)3)27(4)34(22-46)23-47)50-44(51-53)48-38-13-12-36(21-37(38)45)60(57,58)35-9-7-8-28(19-35)16-29-17-32(18-29)30-10-11-31(25-54)33(20-30)24-52(5)39-14-15-40(55)49-43(39)56/h6-13,19-23,25-26,29,32,39,46H,1,14-18,24,47H2,2-5H3,(H,48,51)(H,49,55,56)/b34-23+,41-27-,46-22?. The van der Waals surface area contributed by atoms with Crippen molar-refractivity contribution >= 4 is 57.7 Å². The number of sulfone groups is 1. The van der Waals surface area contributed by atoms with E-state index in [1.807, 2.05) is 50.1 Å². The van der Waals surface area contributed by atoms with Gasteiger partial charge in [-0.25, -0.2) is 17.5 Å². The molecule has 4 aromatic rings. The van der Waals surface area contributed by atoms with Crippen LogP contribution in [-0.2, 0) is 37.1 Å². The number of nitrogens with one attached hydrogen (secondary N) is 3. The summed E-state index contributed by atoms with van der Waals surface area (Å²) in [6.45, 7) is 9.53. The van der Waals surface area contributed by atoms with Gasteiger partial charge in [-0.3, -0.25) is 24.6 Å². The van der Waals surface area contributed by atoms with Crippen molar-refractivity contribution < 1.29 is 31.9 Å². The van der Waals surface area contributed by atoms with E-state index >= 15 is 4.39 Å². The molecule has 0 bridgehead atoms. The first-order valence-corrected chi connectivity index (χ1v) is 21.1. The predicted molar refractivity (Wildman–Crippen MR) is 226 cm³/mol. The summed E-state index contributed by atoms with van der Waals surface area (Å²) in [6, 6.07) is 15.6. The van der Waals surface area contributed by atoms with Gasteiger partial charge in [0.15, 0.2) is 11.6 Å². The molecule has 3 aromatic carbocycles. The van der Waals surface area contributed by atoms with Gasteiger partial charge in [0.1, 0.15) is 12.1 Å². The lowest BCUT2D eigenvalue weighted by atomic mass is 9.69. The third-order valence-corrected chi connectivity index (χ3v) is 12.6. The fraction of sp³-hybridized carbons (Fsp3) is 0.318. The van der Waals surface area contributed by atoms with Crippen LogP contribution in [0, 0.1) is 17.1 Å². The molecule has 314 valence electrons. The number of aromatic nitrogens is 3. The SMILES string of the molecule is C=Cn1nc(Nc2ccc(S(=O)(=O)c3cccc(CC4CC(c5ccc(C=O)c(CN(C)C6CCC(=O)NC6=O)c5)C4)c3)cc2F)nc1/C(OC(C)C)=C(C)/C(C=N)=C/N. The summed E-state index contributed by atoms with van der Waals surface area (Å²) in [6.07, 6.45) is 7.39. The van der Waals surface area contributed by atoms with Gasteiger partial charge >= 0.3 is 0 Å². The summed E-state index contributed by atoms with van der Waals surface area (Å²) >= 11 is 0. The molecule has 1 aliphatic heterocycles. The van der Waals surface area contributed by atoms with Gasteiger partial charge in [0.2, 0.25) is 27.6 Å². The molecule has 14 nitrogen and oxygen atoms in total. The second kappa shape index (κ2) is 18.3. The fourth-order valence-electron chi connectivity index (χ4n) is 7.60. The quantitative estimate of drug-likeness (QED) is 0.0296. The Morgan fingerprint density at radius 3 is 2.55 bits per heavy atom. The molecular formula is C44H49FN8O6S. The number of likely N-dealkylation sites (N-methyl/N-ethyl adjacent to an activating group) is 1. The van der Waals surface area contributed by atoms with E-state index in [1.54, 1.807) is 19.1 Å². The minimum Gasteiger partial charge on any atom is -0.487 e. The number of aldehydes is 1. The van der Waals surface area contributed by atoms with Crippen LogP contribution in [0.3, 0.4) is 0 Å². The second-order valence-electron chi connectivity index (χ2n) is 15.4. The monoisotopic (exact) mass is 836 g/mol. The molecular weight excluding hydrogens is 788 g/mol. The van der Waals surface area contributed by atoms with E-state index in [9.17, 15) is 22.8 Å². The average Bonchev–Trinajstić information content (AvgIpc) is 3.61. The molecule has 16 heteroatoms. The molecule has 5 N–H and O–H groups in total. The summed E-state index contributed by atoms with van der Waals surface area (Å²) in [4.78, 5) is 42.1. The van der Waals surface area contributed by atoms with Crippen LogP contribution in [-0.4, -0.2) is 71.6 Å². The summed E-state index contributed by atoms with van der Waals surface area (Å²) in [5.74, 6) is -0.369. The lowest BCUT2D eigenvalue weighted by Crippen LogP contribution is -2.51. The number of imide groups is 1. The minimum absolute atomic E-state index is 0.00747. The van der Waals surface area contributed by atoms with Crippen molar-refractivity contribution in [1.82, 2.24) is 25.0 Å². The molecule has 0 radical (unpaired) electrons. The van der Waals surface area contributed by atoms with Crippen LogP contribution in [0.2, 0.25) is 0 Å². The van der Waals surface area contributed by atoms with Gasteiger partial charge in [-0.1, -0.05) is 36.9 Å². The summed E-state index contributed by atoms with van der Waals surface area (Å²) < 4.78 is 50.6. The predicted octanol–water partition coefficient (Wildman–Crippen LogP) is 6.53. The van der Waals surface area contributed by atoms with Crippen LogP contribution in [0.4, 0.5) is 16.0 Å². The molecule has 1 saturated heterocycles. The third kappa shape index (κ3) is 9.45. The number of carbonyl (C=O) groups is 3. The number of hydrogen-bond donors (Lipinski definition) is 4. The number of nitrogens with two attached hydrogens (primary N) is 1. The highest BCUT2D eigenvalue weighted by Crippen LogP contribution is 2.44. The number of amides is 2. The number of carbonyl (C=O) groups excluding carboxylic acids is 3. The Morgan fingerprint density at radius 1 is 1.15 bits per heavy atom. The summed E-state index contributed by atoms with van der Waals surface area (Å²) in [5, 5.41) is 17.3. The number of ether oxygens (including phenoxy) is 1. The molecule has 0 spiro atoms. The molecule has 2 amide bonds. The molecule has 1 atom stereocenters. The van der Waals surface area contributed by atoms with Crippen LogP contribution in [0.25, 0.3) is 12.0 Å². The van der Waals surface area contributed by atoms with Gasteiger partial charge < -0.3 is 21.2 Å². The number of anilines is 2. The maximum absolute atomic E-state index is 15.6. The van der Waals surface area contributed by atoms with E-state index in [-0.39, 0.29) is 57.5 Å². The largest absolute Gasteiger partial charge is 0.487 e. The lowest BCUT2D eigenvalue weighted by molar-refractivity contribution is -0.137. The fourth-order valence-corrected chi connectivity index (χ4v) is 8.94. The zero-order chi connectivity index (χ0) is 43.3. The summed E-state index contributed by atoms with van der Waals surface area (Å²) in [5.41, 5.74) is 9.89. The van der Waals surface area contributed by atoms with Crippen LogP contribution in [0.5, 0.6) is 0 Å². The first-order valence-electron chi connectivity index (χ1n) is 19.6. The van der Waals surface area contributed by atoms with Crippen molar-refractivity contribution in [2.24, 2.45) is 11.7 Å². The van der Waals surface area contributed by atoms with Crippen LogP contribution in [0.15, 0.2) is 94.4 Å². The summed E-state index contributed by atoms with van der Waals surface area (Å²) in [7, 11) is -2.28. The van der Waals surface area contributed by atoms with Crippen molar-refractivity contribution in [2.45, 2.75) is 87.3 Å². The Hall–Kier alpha value is -6.26. The van der Waals surface area contributed by atoms with E-state index in [4.69, 9.17) is 15.9 Å². The lowest BCUT2D eigenvalue weighted by Gasteiger charge is -2.36. The van der Waals surface area contributed by atoms with E-state index in [0.717, 1.165) is 48.1 Å². The van der Waals surface area contributed by atoms with Crippen molar-refractivity contribution in [3.05, 3.63) is 118 Å². The van der Waals surface area contributed by atoms with Crippen molar-refractivity contribution in [1.29, 1.82) is 5.41 Å². The van der Waals surface area contributed by atoms with E-state index in [2.05, 4.69) is 27.3 Å². The Labute approximate surface area is 348 Å². The highest BCUT2D eigenvalue weighted by Gasteiger charge is 2.33. The minimum atomic E-state index is -4.09. The van der Waals surface area contributed by atoms with Crippen molar-refractivity contribution in [3.8, 4) is 0 Å². The molecule has 1 aliphatic carbocycles. The number of benzene rings is 3. The normalized spacial score (nSPS) is 18.7. The molecule has 2 aliphatic rings. The van der Waals surface area contributed by atoms with Crippen molar-refractivity contribution in [2.75, 3.05) is 12.4 Å². The molecule has 60 heavy (non-hydrogen) atoms. The van der Waals surface area contributed by atoms with E-state index in [0.29, 0.717) is 47.8 Å². The Kier molecular flexibility index (Phi) is 13.2. The Balaban J connectivity index is 1.12. The smallest absolute Gasteiger partial charge is 0.247 e. The molecule has 2 heterocycles. The first kappa shape index (κ1) is 43.3. The van der Waals surface area contributed by atoms with E-state index in [1.165, 1.54) is 35.3 Å². The molecule has 1 aromatic heterocycles. The Bertz CT molecular complexity index is 2510. The van der Waals surface area contributed by atoms with Gasteiger partial charge in [-0.2, -0.15) is 4.98 Å². The zero-order valence-electron chi connectivity index (χ0n) is 33.9. The number of hydrogen-bond acceptors (Lipinski definition) is 12. The van der Waals surface area contributed by atoms with Crippen LogP contribution >= 0.6 is 0 Å². The molecule has 1 unspecified atom stereocenters. The maximum atomic E-state index is 15.6. The molecule has 1 saturated carbocycles. The van der Waals surface area contributed by atoms with Gasteiger partial charge in [-0.15, -0.1) is 5.10 Å². The molecule has 2 fully saturated rings. The Morgan fingerprint density at radius 2 is 1.90 bits per heavy atom. The van der Waals surface area contributed by atoms with Crippen LogP contribution < -0.4 is 16.4 Å². The maximum Gasteiger partial charge on any atom is 0.247 e. The van der Waals surface area contributed by atoms with Gasteiger partial charge in [0.05, 0.1) is 27.6 Å². The topological polar surface area (TPSA) is 202 Å². The number of allylic oxidation sites excluding steroid dienone is 2. The average molecular weight is 837 g/mol. The number of rotatable bonds is 17. The number of piperidine rings is 1. The first-order chi connectivity index (χ1) is 28.6. The zero-order valence-corrected chi connectivity index (χ0v) is 34.8. The van der Waals surface area contributed by atoms with Crippen molar-refractivity contribution in [3.63, 3.8) is 0 Å². The third-order valence-electron chi connectivity index (χ3n) is 10.9. The van der Waals surface area contributed by atoms with Gasteiger partial charge in [0.25, 0.3) is 0 Å². The molecule has 6 rings (SSSR count). The van der Waals surface area contributed by atoms with Gasteiger partial charge in [0, 0.05) is 48.3 Å². The highest BCUT2D eigenvalue weighted by atomic mass is 32.2. The van der Waals surface area contributed by atoms with E-state index < -0.39 is 21.7 Å². The number of halogens is 1. The number of nitrogens with zero attached hydrogens (tertiary/aromatic N) is 4. The second-order valence-corrected chi connectivity index (χ2v) is 17.3. The highest BCUT2D eigenvalue weighted by molar-refractivity contribution is 7.91. The van der Waals surface area contributed by atoms with Gasteiger partial charge in [-0.05, 0) is 112 Å². The van der Waals surface area contributed by atoms with Crippen LogP contribution in [0.1, 0.15) is 85.2 Å².